The van der Waals surface area contributed by atoms with E-state index in [2.05, 4.69) is 15.9 Å². The zero-order valence-electron chi connectivity index (χ0n) is 9.23. The van der Waals surface area contributed by atoms with Crippen LogP contribution in [0.1, 0.15) is 18.4 Å². The van der Waals surface area contributed by atoms with Gasteiger partial charge in [0.25, 0.3) is 5.92 Å². The predicted molar refractivity (Wildman–Crippen MR) is 68.6 cm³/mol. The second-order valence-electron chi connectivity index (χ2n) is 4.35. The Bertz CT molecular complexity index is 401. The molecule has 1 aromatic rings. The van der Waals surface area contributed by atoms with Crippen LogP contribution in [0.2, 0.25) is 5.02 Å². The van der Waals surface area contributed by atoms with Crippen LogP contribution >= 0.6 is 27.5 Å². The van der Waals surface area contributed by atoms with E-state index in [-0.39, 0.29) is 12.8 Å². The van der Waals surface area contributed by atoms with Gasteiger partial charge in [0, 0.05) is 36.9 Å². The molecule has 0 unspecified atom stereocenters. The maximum Gasteiger partial charge on any atom is 0.250 e. The summed E-state index contributed by atoms with van der Waals surface area (Å²) >= 11 is 9.51. The minimum atomic E-state index is -2.49. The molecule has 0 aromatic heterocycles. The molecule has 0 spiro atoms. The first-order valence-corrected chi connectivity index (χ1v) is 6.68. The number of benzene rings is 1. The smallest absolute Gasteiger partial charge is 0.250 e. The van der Waals surface area contributed by atoms with Gasteiger partial charge >= 0.3 is 0 Å². The van der Waals surface area contributed by atoms with Gasteiger partial charge in [0.2, 0.25) is 0 Å². The van der Waals surface area contributed by atoms with Crippen molar-refractivity contribution in [2.24, 2.45) is 0 Å². The van der Waals surface area contributed by atoms with Crippen LogP contribution in [0, 0.1) is 0 Å². The Labute approximate surface area is 113 Å². The molecule has 1 aliphatic heterocycles. The Hall–Kier alpha value is -0.190. The zero-order chi connectivity index (χ0) is 12.5. The van der Waals surface area contributed by atoms with Crippen molar-refractivity contribution < 1.29 is 8.78 Å². The van der Waals surface area contributed by atoms with Crippen LogP contribution in [0.3, 0.4) is 0 Å². The lowest BCUT2D eigenvalue weighted by atomic mass is 10.1. The summed E-state index contributed by atoms with van der Waals surface area (Å²) in [5.74, 6) is -2.49. The third-order valence-electron chi connectivity index (χ3n) is 3.01. The summed E-state index contributed by atoms with van der Waals surface area (Å²) in [6, 6.07) is 5.71. The number of likely N-dealkylation sites (tertiary alicyclic amines) is 1. The third-order valence-corrected chi connectivity index (χ3v) is 4.35. The summed E-state index contributed by atoms with van der Waals surface area (Å²) in [5, 5.41) is 0.671. The molecule has 0 atom stereocenters. The van der Waals surface area contributed by atoms with Crippen molar-refractivity contribution in [3.8, 4) is 0 Å². The molecule has 1 nitrogen and oxygen atoms in total. The maximum absolute atomic E-state index is 13.0. The molecular formula is C12H13BrClF2N. The Kier molecular flexibility index (Phi) is 4.06. The predicted octanol–water partition coefficient (Wildman–Crippen LogP) is 4.33. The summed E-state index contributed by atoms with van der Waals surface area (Å²) in [7, 11) is 0. The highest BCUT2D eigenvalue weighted by molar-refractivity contribution is 9.10. The van der Waals surface area contributed by atoms with Crippen LogP contribution in [-0.4, -0.2) is 23.9 Å². The first-order valence-electron chi connectivity index (χ1n) is 5.51. The molecule has 1 aromatic carbocycles. The summed E-state index contributed by atoms with van der Waals surface area (Å²) in [6.07, 6.45) is -0.114. The molecule has 0 N–H and O–H groups in total. The quantitative estimate of drug-likeness (QED) is 0.782. The molecule has 0 aliphatic carbocycles. The number of nitrogens with zero attached hydrogens (tertiary/aromatic N) is 1. The summed E-state index contributed by atoms with van der Waals surface area (Å²) in [4.78, 5) is 2.02. The molecule has 94 valence electrons. The van der Waals surface area contributed by atoms with Crippen molar-refractivity contribution in [1.82, 2.24) is 4.90 Å². The molecule has 0 bridgehead atoms. The van der Waals surface area contributed by atoms with E-state index in [1.54, 1.807) is 0 Å². The number of hydrogen-bond acceptors (Lipinski definition) is 1. The molecule has 1 fully saturated rings. The number of rotatable bonds is 2. The van der Waals surface area contributed by atoms with Crippen molar-refractivity contribution in [1.29, 1.82) is 0 Å². The first-order chi connectivity index (χ1) is 7.98. The molecular weight excluding hydrogens is 311 g/mol. The number of piperidine rings is 1. The first kappa shape index (κ1) is 13.2. The fourth-order valence-electron chi connectivity index (χ4n) is 1.95. The van der Waals surface area contributed by atoms with Gasteiger partial charge in [-0.1, -0.05) is 23.7 Å². The van der Waals surface area contributed by atoms with Crippen molar-refractivity contribution in [2.45, 2.75) is 25.3 Å². The van der Waals surface area contributed by atoms with Crippen LogP contribution in [0.4, 0.5) is 8.78 Å². The summed E-state index contributed by atoms with van der Waals surface area (Å²) in [5.41, 5.74) is 0.978. The fraction of sp³-hybridized carbons (Fsp3) is 0.500. The molecule has 2 rings (SSSR count). The van der Waals surface area contributed by atoms with E-state index in [4.69, 9.17) is 11.6 Å². The lowest BCUT2D eigenvalue weighted by Crippen LogP contribution is -2.38. The van der Waals surface area contributed by atoms with E-state index in [0.717, 1.165) is 10.0 Å². The Morgan fingerprint density at radius 3 is 2.59 bits per heavy atom. The molecule has 0 amide bonds. The molecule has 0 radical (unpaired) electrons. The lowest BCUT2D eigenvalue weighted by Gasteiger charge is -2.31. The molecule has 1 heterocycles. The van der Waals surface area contributed by atoms with Crippen molar-refractivity contribution in [3.05, 3.63) is 33.3 Å². The Morgan fingerprint density at radius 2 is 1.94 bits per heavy atom. The molecule has 5 heteroatoms. The van der Waals surface area contributed by atoms with E-state index >= 15 is 0 Å². The van der Waals surface area contributed by atoms with Gasteiger partial charge in [-0.05, 0) is 27.6 Å². The van der Waals surface area contributed by atoms with Gasteiger partial charge in [0.1, 0.15) is 0 Å². The van der Waals surface area contributed by atoms with Gasteiger partial charge < -0.3 is 0 Å². The normalized spacial score (nSPS) is 20.5. The number of halogens is 4. The van der Waals surface area contributed by atoms with E-state index < -0.39 is 5.92 Å². The lowest BCUT2D eigenvalue weighted by molar-refractivity contribution is -0.0566. The van der Waals surface area contributed by atoms with Crippen LogP contribution in [0.15, 0.2) is 22.7 Å². The zero-order valence-corrected chi connectivity index (χ0v) is 11.6. The van der Waals surface area contributed by atoms with E-state index in [1.807, 2.05) is 23.1 Å². The molecule has 17 heavy (non-hydrogen) atoms. The molecule has 1 saturated heterocycles. The van der Waals surface area contributed by atoms with Crippen LogP contribution < -0.4 is 0 Å². The highest BCUT2D eigenvalue weighted by Crippen LogP contribution is 2.31. The molecule has 0 saturated carbocycles. The largest absolute Gasteiger partial charge is 0.299 e. The average molecular weight is 325 g/mol. The summed E-state index contributed by atoms with van der Waals surface area (Å²) in [6.45, 7) is 1.49. The minimum absolute atomic E-state index is 0.0569. The second kappa shape index (κ2) is 5.21. The highest BCUT2D eigenvalue weighted by Gasteiger charge is 2.33. The van der Waals surface area contributed by atoms with Gasteiger partial charge in [-0.25, -0.2) is 8.78 Å². The third kappa shape index (κ3) is 3.39. The highest BCUT2D eigenvalue weighted by atomic mass is 79.9. The van der Waals surface area contributed by atoms with E-state index in [1.165, 1.54) is 0 Å². The minimum Gasteiger partial charge on any atom is -0.299 e. The number of alkyl halides is 2. The number of hydrogen-bond donors (Lipinski definition) is 0. The second-order valence-corrected chi connectivity index (χ2v) is 5.58. The Balaban J connectivity index is 2.00. The van der Waals surface area contributed by atoms with E-state index in [0.29, 0.717) is 24.7 Å². The fourth-order valence-corrected chi connectivity index (χ4v) is 2.54. The van der Waals surface area contributed by atoms with Crippen molar-refractivity contribution >= 4 is 27.5 Å². The maximum atomic E-state index is 13.0. The van der Waals surface area contributed by atoms with E-state index in [9.17, 15) is 8.78 Å². The van der Waals surface area contributed by atoms with Crippen LogP contribution in [0.5, 0.6) is 0 Å². The SMILES string of the molecule is FC1(F)CCN(Cc2cccc(Br)c2Cl)CC1. The average Bonchev–Trinajstić information content (AvgIpc) is 2.27. The van der Waals surface area contributed by atoms with Gasteiger partial charge in [0.15, 0.2) is 0 Å². The van der Waals surface area contributed by atoms with Crippen molar-refractivity contribution in [2.75, 3.05) is 13.1 Å². The molecule has 1 aliphatic rings. The topological polar surface area (TPSA) is 3.24 Å². The van der Waals surface area contributed by atoms with Crippen LogP contribution in [0.25, 0.3) is 0 Å². The summed E-state index contributed by atoms with van der Waals surface area (Å²) < 4.78 is 26.8. The van der Waals surface area contributed by atoms with Gasteiger partial charge in [-0.3, -0.25) is 4.90 Å². The van der Waals surface area contributed by atoms with Crippen LogP contribution in [-0.2, 0) is 6.54 Å². The van der Waals surface area contributed by atoms with Crippen molar-refractivity contribution in [3.63, 3.8) is 0 Å². The monoisotopic (exact) mass is 323 g/mol. The van der Waals surface area contributed by atoms with Gasteiger partial charge in [0.05, 0.1) is 5.02 Å². The Morgan fingerprint density at radius 1 is 1.29 bits per heavy atom. The van der Waals surface area contributed by atoms with Gasteiger partial charge in [-0.2, -0.15) is 0 Å². The van der Waals surface area contributed by atoms with Gasteiger partial charge in [-0.15, -0.1) is 0 Å². The standard InChI is InChI=1S/C12H13BrClF2N/c13-10-3-1-2-9(11(10)14)8-17-6-4-12(15,16)5-7-17/h1-3H,4-8H2.